The number of alkyl halides is 3. The summed E-state index contributed by atoms with van der Waals surface area (Å²) in [5, 5.41) is 12.9. The van der Waals surface area contributed by atoms with E-state index in [1.807, 2.05) is 6.92 Å². The summed E-state index contributed by atoms with van der Waals surface area (Å²) < 4.78 is 37.5. The molecule has 1 heterocycles. The number of aromatic nitrogens is 2. The lowest BCUT2D eigenvalue weighted by molar-refractivity contribution is -0.137. The van der Waals surface area contributed by atoms with E-state index >= 15 is 0 Å². The van der Waals surface area contributed by atoms with Crippen LogP contribution in [0.4, 0.5) is 13.2 Å². The van der Waals surface area contributed by atoms with Gasteiger partial charge in [-0.25, -0.2) is 0 Å². The van der Waals surface area contributed by atoms with Crippen molar-refractivity contribution in [3.05, 3.63) is 34.8 Å². The van der Waals surface area contributed by atoms with Crippen molar-refractivity contribution in [3.8, 4) is 10.6 Å². The van der Waals surface area contributed by atoms with Gasteiger partial charge < -0.3 is 5.32 Å². The Kier molecular flexibility index (Phi) is 5.30. The Hall–Kier alpha value is -1.47. The third kappa shape index (κ3) is 4.50. The number of rotatable bonds is 6. The van der Waals surface area contributed by atoms with Gasteiger partial charge in [-0.2, -0.15) is 13.2 Å². The van der Waals surface area contributed by atoms with Crippen LogP contribution in [0.5, 0.6) is 0 Å². The standard InChI is InChI=1S/C14H16F3N3S/c1-2-18-9-3-4-12-19-20-13(21-12)10-5-7-11(8-6-10)14(15,16)17/h5-8,18H,2-4,9H2,1H3. The van der Waals surface area contributed by atoms with Gasteiger partial charge in [-0.05, 0) is 31.6 Å². The molecule has 2 aromatic rings. The number of nitrogens with one attached hydrogen (secondary N) is 1. The maximum Gasteiger partial charge on any atom is 0.416 e. The average molecular weight is 315 g/mol. The SMILES string of the molecule is CCNCCCc1nnc(-c2ccc(C(F)(F)F)cc2)s1. The van der Waals surface area contributed by atoms with Crippen molar-refractivity contribution >= 4 is 11.3 Å². The molecule has 0 aliphatic rings. The molecule has 114 valence electrons. The van der Waals surface area contributed by atoms with E-state index in [0.717, 1.165) is 43.1 Å². The number of aryl methyl sites for hydroxylation is 1. The first-order valence-corrected chi connectivity index (χ1v) is 7.53. The number of hydrogen-bond donors (Lipinski definition) is 1. The lowest BCUT2D eigenvalue weighted by atomic mass is 10.1. The van der Waals surface area contributed by atoms with Gasteiger partial charge in [0.05, 0.1) is 5.56 Å². The summed E-state index contributed by atoms with van der Waals surface area (Å²) in [5.74, 6) is 0. The second kappa shape index (κ2) is 7.00. The molecule has 3 nitrogen and oxygen atoms in total. The summed E-state index contributed by atoms with van der Waals surface area (Å²) in [6.45, 7) is 3.91. The molecule has 1 aromatic heterocycles. The summed E-state index contributed by atoms with van der Waals surface area (Å²) in [7, 11) is 0. The molecule has 0 spiro atoms. The summed E-state index contributed by atoms with van der Waals surface area (Å²) in [6.07, 6.45) is -2.52. The van der Waals surface area contributed by atoms with Crippen LogP contribution in [-0.2, 0) is 12.6 Å². The fraction of sp³-hybridized carbons (Fsp3) is 0.429. The van der Waals surface area contributed by atoms with Crippen LogP contribution in [0.3, 0.4) is 0 Å². The smallest absolute Gasteiger partial charge is 0.317 e. The van der Waals surface area contributed by atoms with Crippen LogP contribution < -0.4 is 5.32 Å². The van der Waals surface area contributed by atoms with Gasteiger partial charge in [0.2, 0.25) is 0 Å². The molecule has 0 aliphatic heterocycles. The summed E-state index contributed by atoms with van der Waals surface area (Å²) in [6, 6.07) is 5.01. The van der Waals surface area contributed by atoms with Crippen molar-refractivity contribution in [2.24, 2.45) is 0 Å². The van der Waals surface area contributed by atoms with E-state index in [9.17, 15) is 13.2 Å². The fourth-order valence-electron chi connectivity index (χ4n) is 1.81. The molecular formula is C14H16F3N3S. The second-order valence-electron chi connectivity index (χ2n) is 4.53. The van der Waals surface area contributed by atoms with Crippen LogP contribution in [0.25, 0.3) is 10.6 Å². The van der Waals surface area contributed by atoms with Crippen molar-refractivity contribution in [1.82, 2.24) is 15.5 Å². The predicted molar refractivity (Wildman–Crippen MR) is 77.2 cm³/mol. The average Bonchev–Trinajstić information content (AvgIpc) is 2.92. The Morgan fingerprint density at radius 1 is 1.14 bits per heavy atom. The molecule has 0 radical (unpaired) electrons. The molecule has 1 aromatic carbocycles. The van der Waals surface area contributed by atoms with Crippen LogP contribution in [0.2, 0.25) is 0 Å². The summed E-state index contributed by atoms with van der Waals surface area (Å²) in [5.41, 5.74) is 0.0139. The van der Waals surface area contributed by atoms with Crippen molar-refractivity contribution in [2.75, 3.05) is 13.1 Å². The lowest BCUT2D eigenvalue weighted by Crippen LogP contribution is -2.14. The number of halogens is 3. The zero-order valence-electron chi connectivity index (χ0n) is 11.6. The molecule has 0 bridgehead atoms. The van der Waals surface area contributed by atoms with E-state index in [4.69, 9.17) is 0 Å². The molecule has 0 aliphatic carbocycles. The van der Waals surface area contributed by atoms with Crippen molar-refractivity contribution in [2.45, 2.75) is 25.9 Å². The monoisotopic (exact) mass is 315 g/mol. The van der Waals surface area contributed by atoms with E-state index < -0.39 is 11.7 Å². The highest BCUT2D eigenvalue weighted by molar-refractivity contribution is 7.14. The third-order valence-corrected chi connectivity index (χ3v) is 3.95. The van der Waals surface area contributed by atoms with Gasteiger partial charge in [-0.15, -0.1) is 10.2 Å². The molecule has 0 saturated heterocycles. The first-order chi connectivity index (χ1) is 10.0. The maximum atomic E-state index is 12.5. The van der Waals surface area contributed by atoms with Gasteiger partial charge in [0, 0.05) is 12.0 Å². The summed E-state index contributed by atoms with van der Waals surface area (Å²) >= 11 is 1.43. The normalized spacial score (nSPS) is 11.8. The van der Waals surface area contributed by atoms with Crippen LogP contribution in [-0.4, -0.2) is 23.3 Å². The number of benzene rings is 1. The molecule has 0 atom stereocenters. The lowest BCUT2D eigenvalue weighted by Gasteiger charge is -2.06. The van der Waals surface area contributed by atoms with E-state index in [1.165, 1.54) is 23.5 Å². The fourth-order valence-corrected chi connectivity index (χ4v) is 2.70. The Bertz CT molecular complexity index is 564. The van der Waals surface area contributed by atoms with Crippen molar-refractivity contribution in [1.29, 1.82) is 0 Å². The molecule has 1 N–H and O–H groups in total. The van der Waals surface area contributed by atoms with Gasteiger partial charge >= 0.3 is 6.18 Å². The molecule has 0 unspecified atom stereocenters. The second-order valence-corrected chi connectivity index (χ2v) is 5.60. The van der Waals surface area contributed by atoms with Gasteiger partial charge in [-0.1, -0.05) is 30.4 Å². The van der Waals surface area contributed by atoms with Crippen molar-refractivity contribution in [3.63, 3.8) is 0 Å². The Labute approximate surface area is 125 Å². The topological polar surface area (TPSA) is 37.8 Å². The van der Waals surface area contributed by atoms with Gasteiger partial charge in [0.25, 0.3) is 0 Å². The Morgan fingerprint density at radius 2 is 1.86 bits per heavy atom. The van der Waals surface area contributed by atoms with Gasteiger partial charge in [-0.3, -0.25) is 0 Å². The van der Waals surface area contributed by atoms with E-state index in [1.54, 1.807) is 0 Å². The number of hydrogen-bond acceptors (Lipinski definition) is 4. The molecule has 21 heavy (non-hydrogen) atoms. The number of nitrogens with zero attached hydrogens (tertiary/aromatic N) is 2. The van der Waals surface area contributed by atoms with Crippen LogP contribution in [0.15, 0.2) is 24.3 Å². The first kappa shape index (κ1) is 15.9. The molecule has 0 fully saturated rings. The molecule has 7 heteroatoms. The van der Waals surface area contributed by atoms with Gasteiger partial charge in [0.15, 0.2) is 0 Å². The first-order valence-electron chi connectivity index (χ1n) is 6.71. The minimum atomic E-state index is -4.31. The minimum absolute atomic E-state index is 0.651. The Balaban J connectivity index is 2.00. The zero-order chi connectivity index (χ0) is 15.3. The van der Waals surface area contributed by atoms with E-state index in [-0.39, 0.29) is 0 Å². The molecule has 2 rings (SSSR count). The van der Waals surface area contributed by atoms with E-state index in [2.05, 4.69) is 15.5 Å². The highest BCUT2D eigenvalue weighted by Gasteiger charge is 2.30. The minimum Gasteiger partial charge on any atom is -0.317 e. The van der Waals surface area contributed by atoms with Crippen LogP contribution in [0.1, 0.15) is 23.9 Å². The van der Waals surface area contributed by atoms with Crippen LogP contribution in [0, 0.1) is 0 Å². The van der Waals surface area contributed by atoms with Gasteiger partial charge in [0.1, 0.15) is 10.0 Å². The quantitative estimate of drug-likeness (QED) is 0.825. The molecule has 0 amide bonds. The predicted octanol–water partition coefficient (Wildman–Crippen LogP) is 3.77. The van der Waals surface area contributed by atoms with Crippen LogP contribution >= 0.6 is 11.3 Å². The molecular weight excluding hydrogens is 299 g/mol. The molecule has 0 saturated carbocycles. The maximum absolute atomic E-state index is 12.5. The summed E-state index contributed by atoms with van der Waals surface area (Å²) in [4.78, 5) is 0. The highest BCUT2D eigenvalue weighted by Crippen LogP contribution is 2.31. The van der Waals surface area contributed by atoms with Crippen molar-refractivity contribution < 1.29 is 13.2 Å². The zero-order valence-corrected chi connectivity index (χ0v) is 12.4. The Morgan fingerprint density at radius 3 is 2.48 bits per heavy atom. The highest BCUT2D eigenvalue weighted by atomic mass is 32.1. The third-order valence-electron chi connectivity index (χ3n) is 2.92. The van der Waals surface area contributed by atoms with E-state index in [0.29, 0.717) is 10.6 Å². The largest absolute Gasteiger partial charge is 0.416 e.